The maximum atomic E-state index is 13.5. The molecule has 1 unspecified atom stereocenters. The zero-order valence-electron chi connectivity index (χ0n) is 8.93. The van der Waals surface area contributed by atoms with Crippen molar-refractivity contribution in [2.45, 2.75) is 11.0 Å². The van der Waals surface area contributed by atoms with Crippen LogP contribution in [0.15, 0.2) is 23.1 Å². The number of rotatable bonds is 5. The molecular weight excluding hydrogens is 287 g/mol. The summed E-state index contributed by atoms with van der Waals surface area (Å²) in [6.45, 7) is -0.649. The highest BCUT2D eigenvalue weighted by molar-refractivity contribution is 7.89. The number of aliphatic hydroxyl groups excluding tert-OH is 1. The van der Waals surface area contributed by atoms with Crippen molar-refractivity contribution in [1.82, 2.24) is 4.72 Å². The first kappa shape index (κ1) is 14.8. The van der Waals surface area contributed by atoms with Crippen LogP contribution in [-0.4, -0.2) is 32.1 Å². The van der Waals surface area contributed by atoms with Gasteiger partial charge in [-0.25, -0.2) is 17.5 Å². The molecule has 0 bridgehead atoms. The summed E-state index contributed by atoms with van der Waals surface area (Å²) in [4.78, 5) is 9.84. The lowest BCUT2D eigenvalue weighted by atomic mass is 10.3. The Bertz CT molecular complexity index is 564. The molecule has 1 aromatic carbocycles. The van der Waals surface area contributed by atoms with Crippen LogP contribution in [-0.2, 0) is 14.8 Å². The van der Waals surface area contributed by atoms with Crippen molar-refractivity contribution in [3.63, 3.8) is 0 Å². The maximum absolute atomic E-state index is 13.5. The molecule has 0 aromatic heterocycles. The summed E-state index contributed by atoms with van der Waals surface area (Å²) in [5.41, 5.74) is 4.74. The summed E-state index contributed by atoms with van der Waals surface area (Å²) >= 11 is 5.44. The molecular formula is C9H10ClFN2O4S. The molecule has 1 atom stereocenters. The Morgan fingerprint density at radius 1 is 1.56 bits per heavy atom. The minimum atomic E-state index is -4.22. The van der Waals surface area contributed by atoms with E-state index in [1.54, 1.807) is 0 Å². The second-order valence-electron chi connectivity index (χ2n) is 3.32. The van der Waals surface area contributed by atoms with Crippen LogP contribution in [0.2, 0.25) is 5.02 Å². The van der Waals surface area contributed by atoms with Gasteiger partial charge in [0.1, 0.15) is 11.0 Å². The molecule has 4 N–H and O–H groups in total. The van der Waals surface area contributed by atoms with Gasteiger partial charge in [0.25, 0.3) is 0 Å². The van der Waals surface area contributed by atoms with Gasteiger partial charge < -0.3 is 10.8 Å². The molecule has 100 valence electrons. The lowest BCUT2D eigenvalue weighted by Crippen LogP contribution is -2.40. The molecule has 0 aliphatic rings. The fraction of sp³-hybridized carbons (Fsp3) is 0.222. The van der Waals surface area contributed by atoms with Crippen LogP contribution in [0.3, 0.4) is 0 Å². The van der Waals surface area contributed by atoms with E-state index in [4.69, 9.17) is 22.4 Å². The van der Waals surface area contributed by atoms with Crippen LogP contribution in [0, 0.1) is 5.82 Å². The molecule has 0 spiro atoms. The summed E-state index contributed by atoms with van der Waals surface area (Å²) in [5.74, 6) is -2.20. The summed E-state index contributed by atoms with van der Waals surface area (Å²) in [5, 5.41) is 8.69. The summed E-state index contributed by atoms with van der Waals surface area (Å²) in [7, 11) is -4.22. The highest BCUT2D eigenvalue weighted by atomic mass is 35.5. The van der Waals surface area contributed by atoms with Gasteiger partial charge in [-0.2, -0.15) is 0 Å². The molecule has 9 heteroatoms. The summed E-state index contributed by atoms with van der Waals surface area (Å²) in [6, 6.07) is 3.44. The van der Waals surface area contributed by atoms with E-state index < -0.39 is 39.3 Å². The van der Waals surface area contributed by atoms with Crippen molar-refractivity contribution >= 4 is 27.5 Å². The molecule has 0 aliphatic heterocycles. The Hall–Kier alpha value is -1.22. The average molecular weight is 297 g/mol. The van der Waals surface area contributed by atoms with Gasteiger partial charge in [-0.1, -0.05) is 17.7 Å². The number of halogens is 2. The number of hydrogen-bond donors (Lipinski definition) is 3. The predicted octanol–water partition coefficient (Wildman–Crippen LogP) is -0.396. The molecule has 0 saturated heterocycles. The van der Waals surface area contributed by atoms with Crippen LogP contribution in [0.4, 0.5) is 4.39 Å². The standard InChI is InChI=1S/C9H10ClFN2O4S/c10-5-2-1-3-7(8(5)11)18(16,17)13-4-6(14)9(12)15/h1-3,6,13-14H,4H2,(H2,12,15). The number of carbonyl (C=O) groups excluding carboxylic acids is 1. The second-order valence-corrected chi connectivity index (χ2v) is 5.46. The quantitative estimate of drug-likeness (QED) is 0.687. The Labute approximate surface area is 108 Å². The second kappa shape index (κ2) is 5.61. The Morgan fingerprint density at radius 2 is 2.17 bits per heavy atom. The number of amides is 1. The third kappa shape index (κ3) is 3.39. The molecule has 1 aromatic rings. The van der Waals surface area contributed by atoms with Gasteiger partial charge in [0.2, 0.25) is 15.9 Å². The Balaban J connectivity index is 2.94. The van der Waals surface area contributed by atoms with Crippen molar-refractivity contribution in [1.29, 1.82) is 0 Å². The first-order valence-electron chi connectivity index (χ1n) is 4.67. The lowest BCUT2D eigenvalue weighted by molar-refractivity contribution is -0.125. The van der Waals surface area contributed by atoms with Crippen LogP contribution < -0.4 is 10.5 Å². The summed E-state index contributed by atoms with van der Waals surface area (Å²) in [6.07, 6.45) is -1.69. The largest absolute Gasteiger partial charge is 0.382 e. The average Bonchev–Trinajstić information content (AvgIpc) is 2.29. The molecule has 0 aliphatic carbocycles. The van der Waals surface area contributed by atoms with Gasteiger partial charge >= 0.3 is 0 Å². The van der Waals surface area contributed by atoms with Crippen molar-refractivity contribution in [2.24, 2.45) is 5.73 Å². The number of nitrogens with one attached hydrogen (secondary N) is 1. The third-order valence-corrected chi connectivity index (χ3v) is 3.73. The molecule has 1 amide bonds. The van der Waals surface area contributed by atoms with E-state index in [-0.39, 0.29) is 5.02 Å². The molecule has 18 heavy (non-hydrogen) atoms. The monoisotopic (exact) mass is 296 g/mol. The smallest absolute Gasteiger partial charge is 0.247 e. The van der Waals surface area contributed by atoms with Crippen LogP contribution in [0.5, 0.6) is 0 Å². The van der Waals surface area contributed by atoms with E-state index in [1.807, 2.05) is 4.72 Å². The van der Waals surface area contributed by atoms with E-state index in [9.17, 15) is 17.6 Å². The van der Waals surface area contributed by atoms with Crippen LogP contribution in [0.1, 0.15) is 0 Å². The SMILES string of the molecule is NC(=O)C(O)CNS(=O)(=O)c1cccc(Cl)c1F. The van der Waals surface area contributed by atoms with Gasteiger partial charge in [0.05, 0.1) is 5.02 Å². The minimum Gasteiger partial charge on any atom is -0.382 e. The van der Waals surface area contributed by atoms with Crippen molar-refractivity contribution < 1.29 is 22.7 Å². The minimum absolute atomic E-state index is 0.353. The number of benzene rings is 1. The van der Waals surface area contributed by atoms with Gasteiger partial charge in [0.15, 0.2) is 5.82 Å². The zero-order chi connectivity index (χ0) is 13.9. The predicted molar refractivity (Wildman–Crippen MR) is 61.8 cm³/mol. The van der Waals surface area contributed by atoms with Gasteiger partial charge in [0, 0.05) is 6.54 Å². The highest BCUT2D eigenvalue weighted by Crippen LogP contribution is 2.21. The molecule has 0 radical (unpaired) electrons. The number of aliphatic hydroxyl groups is 1. The van der Waals surface area contributed by atoms with Gasteiger partial charge in [-0.3, -0.25) is 4.79 Å². The Kier molecular flexibility index (Phi) is 4.63. The fourth-order valence-electron chi connectivity index (χ4n) is 1.06. The van der Waals surface area contributed by atoms with Crippen molar-refractivity contribution in [3.05, 3.63) is 29.0 Å². The van der Waals surface area contributed by atoms with Crippen molar-refractivity contribution in [2.75, 3.05) is 6.54 Å². The lowest BCUT2D eigenvalue weighted by Gasteiger charge is -2.10. The number of primary amides is 1. The van der Waals surface area contributed by atoms with Crippen LogP contribution >= 0.6 is 11.6 Å². The number of sulfonamides is 1. The van der Waals surface area contributed by atoms with Crippen LogP contribution in [0.25, 0.3) is 0 Å². The molecule has 0 heterocycles. The highest BCUT2D eigenvalue weighted by Gasteiger charge is 2.22. The normalized spacial score (nSPS) is 13.3. The topological polar surface area (TPSA) is 109 Å². The van der Waals surface area contributed by atoms with Gasteiger partial charge in [-0.05, 0) is 12.1 Å². The zero-order valence-corrected chi connectivity index (χ0v) is 10.5. The Morgan fingerprint density at radius 3 is 2.72 bits per heavy atom. The molecule has 1 rings (SSSR count). The first-order chi connectivity index (χ1) is 8.25. The van der Waals surface area contributed by atoms with E-state index in [0.717, 1.165) is 6.07 Å². The fourth-order valence-corrected chi connectivity index (χ4v) is 2.43. The number of nitrogens with two attached hydrogens (primary N) is 1. The van der Waals surface area contributed by atoms with Gasteiger partial charge in [-0.15, -0.1) is 0 Å². The molecule has 6 nitrogen and oxygen atoms in total. The molecule has 0 fully saturated rings. The number of hydrogen-bond acceptors (Lipinski definition) is 4. The molecule has 0 saturated carbocycles. The summed E-state index contributed by atoms with van der Waals surface area (Å²) < 4.78 is 38.6. The first-order valence-corrected chi connectivity index (χ1v) is 6.53. The van der Waals surface area contributed by atoms with E-state index in [2.05, 4.69) is 0 Å². The third-order valence-electron chi connectivity index (χ3n) is 2.00. The van der Waals surface area contributed by atoms with E-state index >= 15 is 0 Å². The van der Waals surface area contributed by atoms with E-state index in [0.29, 0.717) is 0 Å². The number of carbonyl (C=O) groups is 1. The van der Waals surface area contributed by atoms with Crippen molar-refractivity contribution in [3.8, 4) is 0 Å². The van der Waals surface area contributed by atoms with E-state index in [1.165, 1.54) is 12.1 Å². The maximum Gasteiger partial charge on any atom is 0.247 e.